The minimum atomic E-state index is -1.05. The Bertz CT molecular complexity index is 491. The standard InChI is InChI=1S/C10H9N3O2/c1-13-6-12-8(10(14)15)9(13)7-4-2-3-5-11-7/h2-6H,1H3,(H,14,15). The molecule has 2 heterocycles. The summed E-state index contributed by atoms with van der Waals surface area (Å²) in [6.07, 6.45) is 3.08. The van der Waals surface area contributed by atoms with Crippen molar-refractivity contribution in [2.45, 2.75) is 0 Å². The fraction of sp³-hybridized carbons (Fsp3) is 0.100. The van der Waals surface area contributed by atoms with Gasteiger partial charge in [0.1, 0.15) is 5.69 Å². The van der Waals surface area contributed by atoms with E-state index in [-0.39, 0.29) is 5.69 Å². The quantitative estimate of drug-likeness (QED) is 0.795. The van der Waals surface area contributed by atoms with Crippen molar-refractivity contribution < 1.29 is 9.90 Å². The Morgan fingerprint density at radius 3 is 2.80 bits per heavy atom. The highest BCUT2D eigenvalue weighted by molar-refractivity contribution is 5.92. The molecule has 1 N–H and O–H groups in total. The van der Waals surface area contributed by atoms with E-state index in [1.165, 1.54) is 6.33 Å². The van der Waals surface area contributed by atoms with Crippen LogP contribution in [-0.2, 0) is 7.05 Å². The summed E-state index contributed by atoms with van der Waals surface area (Å²) in [6, 6.07) is 5.34. The highest BCUT2D eigenvalue weighted by Gasteiger charge is 2.17. The largest absolute Gasteiger partial charge is 0.476 e. The molecule has 0 fully saturated rings. The number of pyridine rings is 1. The Morgan fingerprint density at radius 2 is 2.20 bits per heavy atom. The van der Waals surface area contributed by atoms with E-state index in [0.29, 0.717) is 11.4 Å². The van der Waals surface area contributed by atoms with Crippen molar-refractivity contribution in [1.82, 2.24) is 14.5 Å². The number of aromatic nitrogens is 3. The minimum Gasteiger partial charge on any atom is -0.476 e. The molecule has 2 aromatic rings. The van der Waals surface area contributed by atoms with Gasteiger partial charge in [0.2, 0.25) is 0 Å². The van der Waals surface area contributed by atoms with Gasteiger partial charge in [0.15, 0.2) is 5.69 Å². The van der Waals surface area contributed by atoms with Crippen molar-refractivity contribution in [1.29, 1.82) is 0 Å². The molecular formula is C10H9N3O2. The van der Waals surface area contributed by atoms with E-state index in [0.717, 1.165) is 0 Å². The van der Waals surface area contributed by atoms with Gasteiger partial charge < -0.3 is 9.67 Å². The van der Waals surface area contributed by atoms with Crippen LogP contribution in [0.4, 0.5) is 0 Å². The summed E-state index contributed by atoms with van der Waals surface area (Å²) in [5, 5.41) is 8.94. The number of carboxylic acid groups (broad SMARTS) is 1. The van der Waals surface area contributed by atoms with E-state index in [1.54, 1.807) is 36.0 Å². The fourth-order valence-electron chi connectivity index (χ4n) is 1.39. The van der Waals surface area contributed by atoms with Crippen LogP contribution in [0.1, 0.15) is 10.5 Å². The summed E-state index contributed by atoms with van der Waals surface area (Å²) in [6.45, 7) is 0. The lowest BCUT2D eigenvalue weighted by Crippen LogP contribution is -2.02. The summed E-state index contributed by atoms with van der Waals surface area (Å²) in [5.74, 6) is -1.05. The van der Waals surface area contributed by atoms with Gasteiger partial charge in [-0.25, -0.2) is 9.78 Å². The van der Waals surface area contributed by atoms with Crippen LogP contribution in [0.2, 0.25) is 0 Å². The first-order valence-electron chi connectivity index (χ1n) is 4.36. The highest BCUT2D eigenvalue weighted by atomic mass is 16.4. The molecule has 5 nitrogen and oxygen atoms in total. The SMILES string of the molecule is Cn1cnc(C(=O)O)c1-c1ccccn1. The zero-order valence-electron chi connectivity index (χ0n) is 8.08. The second kappa shape index (κ2) is 3.53. The molecule has 2 rings (SSSR count). The number of carbonyl (C=O) groups is 1. The number of aromatic carboxylic acids is 1. The van der Waals surface area contributed by atoms with Gasteiger partial charge in [0, 0.05) is 13.2 Å². The van der Waals surface area contributed by atoms with Crippen LogP contribution in [-0.4, -0.2) is 25.6 Å². The fourth-order valence-corrected chi connectivity index (χ4v) is 1.39. The molecule has 0 saturated carbocycles. The maximum Gasteiger partial charge on any atom is 0.356 e. The van der Waals surface area contributed by atoms with Gasteiger partial charge in [0.05, 0.1) is 12.0 Å². The number of imidazole rings is 1. The number of carboxylic acids is 1. The molecule has 15 heavy (non-hydrogen) atoms. The van der Waals surface area contributed by atoms with Crippen LogP contribution in [0.3, 0.4) is 0 Å². The van der Waals surface area contributed by atoms with Gasteiger partial charge >= 0.3 is 5.97 Å². The molecule has 2 aromatic heterocycles. The van der Waals surface area contributed by atoms with E-state index in [1.807, 2.05) is 0 Å². The van der Waals surface area contributed by atoms with Crippen LogP contribution in [0.15, 0.2) is 30.7 Å². The Balaban J connectivity index is 2.62. The Labute approximate surface area is 86.0 Å². The zero-order valence-corrected chi connectivity index (χ0v) is 8.08. The molecule has 0 unspecified atom stereocenters. The van der Waals surface area contributed by atoms with E-state index in [9.17, 15) is 4.79 Å². The molecule has 76 valence electrons. The Kier molecular flexibility index (Phi) is 2.21. The first-order chi connectivity index (χ1) is 7.20. The zero-order chi connectivity index (χ0) is 10.8. The Morgan fingerprint density at radius 1 is 1.40 bits per heavy atom. The first-order valence-corrected chi connectivity index (χ1v) is 4.36. The molecule has 5 heteroatoms. The molecule has 0 aliphatic carbocycles. The number of hydrogen-bond donors (Lipinski definition) is 1. The smallest absolute Gasteiger partial charge is 0.356 e. The molecule has 0 saturated heterocycles. The average Bonchev–Trinajstić information content (AvgIpc) is 2.61. The van der Waals surface area contributed by atoms with E-state index in [4.69, 9.17) is 5.11 Å². The average molecular weight is 203 g/mol. The maximum absolute atomic E-state index is 10.9. The van der Waals surface area contributed by atoms with Crippen molar-refractivity contribution in [2.24, 2.45) is 7.05 Å². The van der Waals surface area contributed by atoms with Crippen molar-refractivity contribution in [2.75, 3.05) is 0 Å². The molecule has 0 amide bonds. The third-order valence-electron chi connectivity index (χ3n) is 2.05. The summed E-state index contributed by atoms with van der Waals surface area (Å²) >= 11 is 0. The third kappa shape index (κ3) is 1.59. The molecule has 0 aromatic carbocycles. The first kappa shape index (κ1) is 9.39. The van der Waals surface area contributed by atoms with E-state index < -0.39 is 5.97 Å². The predicted octanol–water partition coefficient (Wildman–Crippen LogP) is 1.18. The molecule has 0 radical (unpaired) electrons. The van der Waals surface area contributed by atoms with Crippen LogP contribution in [0, 0.1) is 0 Å². The van der Waals surface area contributed by atoms with Crippen LogP contribution in [0.25, 0.3) is 11.4 Å². The summed E-state index contributed by atoms with van der Waals surface area (Å²) < 4.78 is 1.64. The lowest BCUT2D eigenvalue weighted by atomic mass is 10.2. The summed E-state index contributed by atoms with van der Waals surface area (Å²) in [7, 11) is 1.74. The van der Waals surface area contributed by atoms with Gasteiger partial charge in [-0.15, -0.1) is 0 Å². The number of aryl methyl sites for hydroxylation is 1. The van der Waals surface area contributed by atoms with Gasteiger partial charge in [-0.05, 0) is 12.1 Å². The summed E-state index contributed by atoms with van der Waals surface area (Å²) in [4.78, 5) is 18.8. The van der Waals surface area contributed by atoms with Gasteiger partial charge in [-0.1, -0.05) is 6.07 Å². The van der Waals surface area contributed by atoms with Gasteiger partial charge in [0.25, 0.3) is 0 Å². The van der Waals surface area contributed by atoms with E-state index >= 15 is 0 Å². The molecule has 0 spiro atoms. The second-order valence-corrected chi connectivity index (χ2v) is 3.07. The van der Waals surface area contributed by atoms with Crippen LogP contribution >= 0.6 is 0 Å². The van der Waals surface area contributed by atoms with Crippen LogP contribution in [0.5, 0.6) is 0 Å². The lowest BCUT2D eigenvalue weighted by Gasteiger charge is -2.02. The topological polar surface area (TPSA) is 68.0 Å². The monoisotopic (exact) mass is 203 g/mol. The van der Waals surface area contributed by atoms with Crippen molar-refractivity contribution in [3.63, 3.8) is 0 Å². The lowest BCUT2D eigenvalue weighted by molar-refractivity contribution is 0.0692. The minimum absolute atomic E-state index is 0.0243. The van der Waals surface area contributed by atoms with Gasteiger partial charge in [-0.2, -0.15) is 0 Å². The van der Waals surface area contributed by atoms with E-state index in [2.05, 4.69) is 9.97 Å². The van der Waals surface area contributed by atoms with Crippen LogP contribution < -0.4 is 0 Å². The van der Waals surface area contributed by atoms with Crippen molar-refractivity contribution in [3.8, 4) is 11.4 Å². The highest BCUT2D eigenvalue weighted by Crippen LogP contribution is 2.19. The number of hydrogen-bond acceptors (Lipinski definition) is 3. The number of rotatable bonds is 2. The molecule has 0 aliphatic rings. The van der Waals surface area contributed by atoms with Crippen molar-refractivity contribution >= 4 is 5.97 Å². The Hall–Kier alpha value is -2.17. The molecule has 0 bridgehead atoms. The normalized spacial score (nSPS) is 10.2. The second-order valence-electron chi connectivity index (χ2n) is 3.07. The summed E-state index contributed by atoms with van der Waals surface area (Å²) in [5.41, 5.74) is 1.15. The number of nitrogens with zero attached hydrogens (tertiary/aromatic N) is 3. The maximum atomic E-state index is 10.9. The molecular weight excluding hydrogens is 194 g/mol. The predicted molar refractivity (Wildman–Crippen MR) is 53.4 cm³/mol. The third-order valence-corrected chi connectivity index (χ3v) is 2.05. The van der Waals surface area contributed by atoms with Gasteiger partial charge in [-0.3, -0.25) is 4.98 Å². The molecule has 0 atom stereocenters. The van der Waals surface area contributed by atoms with Crippen molar-refractivity contribution in [3.05, 3.63) is 36.4 Å². The molecule has 0 aliphatic heterocycles.